The van der Waals surface area contributed by atoms with E-state index < -0.39 is 5.97 Å². The lowest BCUT2D eigenvalue weighted by Gasteiger charge is -2.04. The molecule has 4 heteroatoms. The number of hydrogen-bond donors (Lipinski definition) is 1. The van der Waals surface area contributed by atoms with Crippen molar-refractivity contribution >= 4 is 18.0 Å². The van der Waals surface area contributed by atoms with Gasteiger partial charge < -0.3 is 9.84 Å². The third-order valence-electron chi connectivity index (χ3n) is 3.12. The first-order valence-electron chi connectivity index (χ1n) is 7.27. The SMILES string of the molecule is C=Cc1ccc(OC(=O)CCCCCCCC(=O)O)cc1. The largest absolute Gasteiger partial charge is 0.481 e. The van der Waals surface area contributed by atoms with Crippen LogP contribution in [-0.4, -0.2) is 17.0 Å². The number of rotatable bonds is 10. The molecule has 1 aromatic rings. The Bertz CT molecular complexity index is 462. The van der Waals surface area contributed by atoms with E-state index in [0.29, 0.717) is 18.6 Å². The van der Waals surface area contributed by atoms with Crippen LogP contribution in [0.15, 0.2) is 30.8 Å². The minimum Gasteiger partial charge on any atom is -0.481 e. The van der Waals surface area contributed by atoms with Gasteiger partial charge in [0.15, 0.2) is 0 Å². The van der Waals surface area contributed by atoms with Crippen molar-refractivity contribution in [3.05, 3.63) is 36.4 Å². The van der Waals surface area contributed by atoms with E-state index >= 15 is 0 Å². The van der Waals surface area contributed by atoms with Gasteiger partial charge in [-0.05, 0) is 30.5 Å². The van der Waals surface area contributed by atoms with Gasteiger partial charge in [-0.25, -0.2) is 0 Å². The highest BCUT2D eigenvalue weighted by Crippen LogP contribution is 2.14. The fourth-order valence-corrected chi connectivity index (χ4v) is 1.93. The van der Waals surface area contributed by atoms with Gasteiger partial charge in [-0.3, -0.25) is 9.59 Å². The first-order valence-corrected chi connectivity index (χ1v) is 7.27. The Morgan fingerprint density at radius 3 is 2.14 bits per heavy atom. The van der Waals surface area contributed by atoms with Gasteiger partial charge in [0.05, 0.1) is 0 Å². The first kappa shape index (κ1) is 17.0. The third kappa shape index (κ3) is 7.92. The van der Waals surface area contributed by atoms with Gasteiger partial charge in [-0.1, -0.05) is 44.1 Å². The van der Waals surface area contributed by atoms with Crippen LogP contribution in [0.4, 0.5) is 0 Å². The van der Waals surface area contributed by atoms with Gasteiger partial charge in [-0.2, -0.15) is 0 Å². The molecule has 114 valence electrons. The van der Waals surface area contributed by atoms with E-state index in [2.05, 4.69) is 6.58 Å². The van der Waals surface area contributed by atoms with E-state index in [0.717, 1.165) is 31.2 Å². The van der Waals surface area contributed by atoms with E-state index in [9.17, 15) is 9.59 Å². The van der Waals surface area contributed by atoms with Crippen molar-refractivity contribution in [1.82, 2.24) is 0 Å². The van der Waals surface area contributed by atoms with Crippen LogP contribution in [0.3, 0.4) is 0 Å². The standard InChI is InChI=1S/C17H22O4/c1-2-14-10-12-15(13-11-14)21-17(20)9-7-5-3-4-6-8-16(18)19/h2,10-13H,1,3-9H2,(H,18,19). The number of benzene rings is 1. The van der Waals surface area contributed by atoms with Gasteiger partial charge in [0, 0.05) is 12.8 Å². The van der Waals surface area contributed by atoms with Crippen LogP contribution in [0.2, 0.25) is 0 Å². The number of esters is 1. The van der Waals surface area contributed by atoms with E-state index in [1.165, 1.54) is 0 Å². The van der Waals surface area contributed by atoms with Gasteiger partial charge >= 0.3 is 11.9 Å². The van der Waals surface area contributed by atoms with Crippen molar-refractivity contribution in [2.75, 3.05) is 0 Å². The molecule has 0 bridgehead atoms. The number of aliphatic carboxylic acids is 1. The average Bonchev–Trinajstić information content (AvgIpc) is 2.46. The minimum absolute atomic E-state index is 0.225. The number of carbonyl (C=O) groups excluding carboxylic acids is 1. The normalized spacial score (nSPS) is 10.1. The summed E-state index contributed by atoms with van der Waals surface area (Å²) in [4.78, 5) is 21.9. The summed E-state index contributed by atoms with van der Waals surface area (Å²) in [7, 11) is 0. The van der Waals surface area contributed by atoms with Crippen LogP contribution in [0.1, 0.15) is 50.5 Å². The van der Waals surface area contributed by atoms with E-state index in [1.807, 2.05) is 12.1 Å². The maximum atomic E-state index is 11.6. The third-order valence-corrected chi connectivity index (χ3v) is 3.12. The summed E-state index contributed by atoms with van der Waals surface area (Å²) >= 11 is 0. The minimum atomic E-state index is -0.749. The second kappa shape index (κ2) is 9.75. The quantitative estimate of drug-likeness (QED) is 0.401. The zero-order valence-corrected chi connectivity index (χ0v) is 12.2. The molecule has 0 saturated carbocycles. The summed E-state index contributed by atoms with van der Waals surface area (Å²) in [5.41, 5.74) is 0.983. The number of hydrogen-bond acceptors (Lipinski definition) is 3. The molecule has 0 aromatic heterocycles. The van der Waals surface area contributed by atoms with Crippen molar-refractivity contribution in [2.45, 2.75) is 44.9 Å². The summed E-state index contributed by atoms with van der Waals surface area (Å²) in [5.74, 6) is -0.431. The van der Waals surface area contributed by atoms with Crippen molar-refractivity contribution in [3.63, 3.8) is 0 Å². The van der Waals surface area contributed by atoms with Crippen molar-refractivity contribution in [2.24, 2.45) is 0 Å². The highest BCUT2D eigenvalue weighted by atomic mass is 16.5. The number of carboxylic acids is 1. The van der Waals surface area contributed by atoms with Crippen molar-refractivity contribution in [1.29, 1.82) is 0 Å². The van der Waals surface area contributed by atoms with Crippen molar-refractivity contribution < 1.29 is 19.4 Å². The average molecular weight is 290 g/mol. The summed E-state index contributed by atoms with van der Waals surface area (Å²) in [6, 6.07) is 7.19. The Morgan fingerprint density at radius 1 is 1.00 bits per heavy atom. The van der Waals surface area contributed by atoms with E-state index in [-0.39, 0.29) is 12.4 Å². The summed E-state index contributed by atoms with van der Waals surface area (Å²) < 4.78 is 5.22. The molecular weight excluding hydrogens is 268 g/mol. The smallest absolute Gasteiger partial charge is 0.311 e. The molecule has 0 saturated heterocycles. The van der Waals surface area contributed by atoms with Crippen LogP contribution >= 0.6 is 0 Å². The Morgan fingerprint density at radius 2 is 1.57 bits per heavy atom. The summed E-state index contributed by atoms with van der Waals surface area (Å²) in [5, 5.41) is 8.50. The molecule has 0 unspecified atom stereocenters. The molecule has 0 radical (unpaired) electrons. The Hall–Kier alpha value is -2.10. The molecule has 0 amide bonds. The number of unbranched alkanes of at least 4 members (excludes halogenated alkanes) is 4. The van der Waals surface area contributed by atoms with Crippen molar-refractivity contribution in [3.8, 4) is 5.75 Å². The van der Waals surface area contributed by atoms with Gasteiger partial charge in [0.1, 0.15) is 5.75 Å². The van der Waals surface area contributed by atoms with E-state index in [1.54, 1.807) is 18.2 Å². The highest BCUT2D eigenvalue weighted by Gasteiger charge is 2.04. The highest BCUT2D eigenvalue weighted by molar-refractivity contribution is 5.72. The predicted molar refractivity (Wildman–Crippen MR) is 82.1 cm³/mol. The first-order chi connectivity index (χ1) is 10.1. The lowest BCUT2D eigenvalue weighted by Crippen LogP contribution is -2.07. The summed E-state index contributed by atoms with van der Waals surface area (Å²) in [6.45, 7) is 3.66. The molecule has 0 atom stereocenters. The maximum absolute atomic E-state index is 11.6. The van der Waals surface area contributed by atoms with Crippen LogP contribution < -0.4 is 4.74 Å². The van der Waals surface area contributed by atoms with Crippen LogP contribution in [0.25, 0.3) is 6.08 Å². The fourth-order valence-electron chi connectivity index (χ4n) is 1.93. The maximum Gasteiger partial charge on any atom is 0.311 e. The molecule has 0 aliphatic rings. The van der Waals surface area contributed by atoms with Gasteiger partial charge in [0.2, 0.25) is 0 Å². The second-order valence-electron chi connectivity index (χ2n) is 4.91. The number of ether oxygens (including phenoxy) is 1. The van der Waals surface area contributed by atoms with Gasteiger partial charge in [0.25, 0.3) is 0 Å². The number of carboxylic acid groups (broad SMARTS) is 1. The zero-order chi connectivity index (χ0) is 15.5. The molecule has 0 fully saturated rings. The molecule has 1 N–H and O–H groups in total. The zero-order valence-electron chi connectivity index (χ0n) is 12.2. The molecule has 0 aliphatic heterocycles. The Labute approximate surface area is 125 Å². The molecule has 1 rings (SSSR count). The molecule has 1 aromatic carbocycles. The van der Waals surface area contributed by atoms with E-state index in [4.69, 9.17) is 9.84 Å². The Kier molecular flexibility index (Phi) is 7.87. The lowest BCUT2D eigenvalue weighted by molar-refractivity contribution is -0.137. The lowest BCUT2D eigenvalue weighted by atomic mass is 10.1. The monoisotopic (exact) mass is 290 g/mol. The Balaban J connectivity index is 2.10. The molecule has 0 spiro atoms. The molecule has 0 heterocycles. The topological polar surface area (TPSA) is 63.6 Å². The predicted octanol–water partition coefficient (Wildman–Crippen LogP) is 4.05. The molecule has 4 nitrogen and oxygen atoms in total. The molecular formula is C17H22O4. The summed E-state index contributed by atoms with van der Waals surface area (Å²) in [6.07, 6.45) is 6.59. The second-order valence-corrected chi connectivity index (χ2v) is 4.91. The van der Waals surface area contributed by atoms with Crippen LogP contribution in [0.5, 0.6) is 5.75 Å². The fraction of sp³-hybridized carbons (Fsp3) is 0.412. The van der Waals surface area contributed by atoms with Crippen LogP contribution in [0, 0.1) is 0 Å². The molecule has 0 aliphatic carbocycles. The molecule has 21 heavy (non-hydrogen) atoms. The number of carbonyl (C=O) groups is 2. The van der Waals surface area contributed by atoms with Crippen LogP contribution in [-0.2, 0) is 9.59 Å². The van der Waals surface area contributed by atoms with Gasteiger partial charge in [-0.15, -0.1) is 0 Å².